The van der Waals surface area contributed by atoms with E-state index in [4.69, 9.17) is 5.11 Å². The van der Waals surface area contributed by atoms with Crippen LogP contribution in [0.15, 0.2) is 0 Å². The number of rotatable bonds is 2. The zero-order valence-electron chi connectivity index (χ0n) is 11.9. The van der Waals surface area contributed by atoms with Crippen LogP contribution < -0.4 is 5.32 Å². The second-order valence-electron chi connectivity index (χ2n) is 5.86. The molecule has 2 aliphatic heterocycles. The molecule has 2 heterocycles. The fourth-order valence-corrected chi connectivity index (χ4v) is 2.95. The minimum atomic E-state index is -0.850. The summed E-state index contributed by atoms with van der Waals surface area (Å²) < 4.78 is 0. The van der Waals surface area contributed by atoms with Crippen LogP contribution in [0.25, 0.3) is 0 Å². The van der Waals surface area contributed by atoms with Gasteiger partial charge in [-0.2, -0.15) is 0 Å². The topological polar surface area (TPSA) is 90.0 Å². The van der Waals surface area contributed by atoms with Crippen LogP contribution in [-0.4, -0.2) is 66.0 Å². The normalized spacial score (nSPS) is 29.6. The largest absolute Gasteiger partial charge is 0.481 e. The van der Waals surface area contributed by atoms with Crippen molar-refractivity contribution in [3.8, 4) is 0 Å². The number of aliphatic carboxylic acids is 1. The third-order valence-corrected chi connectivity index (χ3v) is 4.33. The molecule has 0 aromatic rings. The first-order valence-corrected chi connectivity index (χ1v) is 6.86. The van der Waals surface area contributed by atoms with Crippen molar-refractivity contribution < 1.29 is 19.5 Å². The van der Waals surface area contributed by atoms with Gasteiger partial charge in [-0.25, -0.2) is 4.79 Å². The Morgan fingerprint density at radius 2 is 1.95 bits per heavy atom. The summed E-state index contributed by atoms with van der Waals surface area (Å²) in [7, 11) is 1.59. The maximum Gasteiger partial charge on any atom is 0.320 e. The monoisotopic (exact) mass is 283 g/mol. The number of carbonyl (C=O) groups excluding carboxylic acids is 2. The van der Waals surface area contributed by atoms with Crippen LogP contribution in [0.3, 0.4) is 0 Å². The number of carbonyl (C=O) groups is 3. The molecule has 3 amide bonds. The summed E-state index contributed by atoms with van der Waals surface area (Å²) in [6.07, 6.45) is 1.14. The number of amides is 3. The number of likely N-dealkylation sites (tertiary alicyclic amines) is 2. The molecule has 2 fully saturated rings. The van der Waals surface area contributed by atoms with E-state index >= 15 is 0 Å². The van der Waals surface area contributed by atoms with Gasteiger partial charge < -0.3 is 20.2 Å². The van der Waals surface area contributed by atoms with E-state index in [1.807, 2.05) is 6.92 Å². The Balaban J connectivity index is 1.95. The number of hydrogen-bond acceptors (Lipinski definition) is 3. The highest BCUT2D eigenvalue weighted by molar-refractivity contribution is 5.84. The van der Waals surface area contributed by atoms with E-state index in [0.29, 0.717) is 32.5 Å². The highest BCUT2D eigenvalue weighted by Gasteiger charge is 2.43. The first-order valence-electron chi connectivity index (χ1n) is 6.86. The first-order chi connectivity index (χ1) is 9.37. The summed E-state index contributed by atoms with van der Waals surface area (Å²) in [6, 6.07) is -0.152. The minimum Gasteiger partial charge on any atom is -0.481 e. The molecule has 7 heteroatoms. The van der Waals surface area contributed by atoms with Crippen molar-refractivity contribution in [1.82, 2.24) is 15.1 Å². The van der Waals surface area contributed by atoms with Gasteiger partial charge in [0.2, 0.25) is 5.91 Å². The standard InChI is InChI=1S/C13H21N3O4/c1-13(11(19)14-2)4-6-16(8-13)12(20)15-5-3-9(7-15)10(17)18/h9H,3-8H2,1-2H3,(H,14,19)(H,17,18). The molecule has 112 valence electrons. The summed E-state index contributed by atoms with van der Waals surface area (Å²) in [6.45, 7) is 3.52. The number of nitrogens with zero attached hydrogens (tertiary/aromatic N) is 2. The molecule has 2 atom stereocenters. The van der Waals surface area contributed by atoms with Crippen LogP contribution in [0, 0.1) is 11.3 Å². The van der Waals surface area contributed by atoms with E-state index in [2.05, 4.69) is 5.32 Å². The highest BCUT2D eigenvalue weighted by Crippen LogP contribution is 2.31. The second-order valence-corrected chi connectivity index (χ2v) is 5.86. The molecule has 2 saturated heterocycles. The van der Waals surface area contributed by atoms with Crippen molar-refractivity contribution in [1.29, 1.82) is 0 Å². The number of hydrogen-bond donors (Lipinski definition) is 2. The smallest absolute Gasteiger partial charge is 0.320 e. The van der Waals surface area contributed by atoms with Crippen molar-refractivity contribution in [2.75, 3.05) is 33.2 Å². The van der Waals surface area contributed by atoms with E-state index in [-0.39, 0.29) is 18.5 Å². The van der Waals surface area contributed by atoms with Gasteiger partial charge >= 0.3 is 12.0 Å². The van der Waals surface area contributed by atoms with Crippen molar-refractivity contribution in [3.05, 3.63) is 0 Å². The average molecular weight is 283 g/mol. The lowest BCUT2D eigenvalue weighted by Gasteiger charge is -2.26. The number of nitrogens with one attached hydrogen (secondary N) is 1. The second kappa shape index (κ2) is 5.30. The van der Waals surface area contributed by atoms with Crippen molar-refractivity contribution in [2.24, 2.45) is 11.3 Å². The Hall–Kier alpha value is -1.79. The predicted octanol–water partition coefficient (Wildman–Crippen LogP) is -0.0291. The number of carboxylic acids is 1. The summed E-state index contributed by atoms with van der Waals surface area (Å²) in [5.41, 5.74) is -0.545. The maximum absolute atomic E-state index is 12.3. The molecule has 2 N–H and O–H groups in total. The minimum absolute atomic E-state index is 0.0577. The molecule has 0 spiro atoms. The van der Waals surface area contributed by atoms with E-state index in [0.717, 1.165) is 0 Å². The third kappa shape index (κ3) is 2.57. The molecule has 0 bridgehead atoms. The van der Waals surface area contributed by atoms with Crippen LogP contribution in [0.2, 0.25) is 0 Å². The molecule has 7 nitrogen and oxygen atoms in total. The van der Waals surface area contributed by atoms with Gasteiger partial charge in [-0.15, -0.1) is 0 Å². The Kier molecular flexibility index (Phi) is 3.87. The molecule has 2 rings (SSSR count). The third-order valence-electron chi connectivity index (χ3n) is 4.33. The summed E-state index contributed by atoms with van der Waals surface area (Å²) in [4.78, 5) is 38.3. The molecule has 0 radical (unpaired) electrons. The Labute approximate surface area is 117 Å². The molecule has 2 aliphatic rings. The molecule has 2 unspecified atom stereocenters. The van der Waals surface area contributed by atoms with Gasteiger partial charge in [0, 0.05) is 33.2 Å². The maximum atomic E-state index is 12.3. The van der Waals surface area contributed by atoms with E-state index in [1.165, 1.54) is 0 Å². The lowest BCUT2D eigenvalue weighted by Crippen LogP contribution is -2.44. The Morgan fingerprint density at radius 1 is 1.25 bits per heavy atom. The molecule has 0 saturated carbocycles. The van der Waals surface area contributed by atoms with E-state index < -0.39 is 17.3 Å². The lowest BCUT2D eigenvalue weighted by atomic mass is 9.89. The molecule has 20 heavy (non-hydrogen) atoms. The van der Waals surface area contributed by atoms with Crippen LogP contribution in [0.1, 0.15) is 19.8 Å². The van der Waals surface area contributed by atoms with Crippen molar-refractivity contribution in [2.45, 2.75) is 19.8 Å². The van der Waals surface area contributed by atoms with E-state index in [9.17, 15) is 14.4 Å². The van der Waals surface area contributed by atoms with Crippen LogP contribution in [-0.2, 0) is 9.59 Å². The van der Waals surface area contributed by atoms with Gasteiger partial charge in [-0.05, 0) is 19.8 Å². The molecule has 0 aliphatic carbocycles. The van der Waals surface area contributed by atoms with Crippen molar-refractivity contribution >= 4 is 17.9 Å². The number of carboxylic acid groups (broad SMARTS) is 1. The predicted molar refractivity (Wildman–Crippen MR) is 71.1 cm³/mol. The Morgan fingerprint density at radius 3 is 2.50 bits per heavy atom. The van der Waals surface area contributed by atoms with Gasteiger partial charge in [0.05, 0.1) is 11.3 Å². The molecular weight excluding hydrogens is 262 g/mol. The van der Waals surface area contributed by atoms with Crippen LogP contribution in [0.4, 0.5) is 4.79 Å². The van der Waals surface area contributed by atoms with Crippen LogP contribution in [0.5, 0.6) is 0 Å². The molecular formula is C13H21N3O4. The zero-order valence-corrected chi connectivity index (χ0v) is 11.9. The van der Waals surface area contributed by atoms with Gasteiger partial charge in [-0.3, -0.25) is 9.59 Å². The number of urea groups is 1. The quantitative estimate of drug-likeness (QED) is 0.744. The Bertz CT molecular complexity index is 439. The van der Waals surface area contributed by atoms with Crippen LogP contribution >= 0.6 is 0 Å². The molecule has 0 aromatic carbocycles. The average Bonchev–Trinajstić information content (AvgIpc) is 3.04. The lowest BCUT2D eigenvalue weighted by molar-refractivity contribution is -0.141. The van der Waals surface area contributed by atoms with Crippen molar-refractivity contribution in [3.63, 3.8) is 0 Å². The van der Waals surface area contributed by atoms with Gasteiger partial charge in [-0.1, -0.05) is 0 Å². The fraction of sp³-hybridized carbons (Fsp3) is 0.769. The molecule has 0 aromatic heterocycles. The highest BCUT2D eigenvalue weighted by atomic mass is 16.4. The zero-order chi connectivity index (χ0) is 14.9. The van der Waals surface area contributed by atoms with Gasteiger partial charge in [0.1, 0.15) is 0 Å². The fourth-order valence-electron chi connectivity index (χ4n) is 2.95. The first kappa shape index (κ1) is 14.6. The van der Waals surface area contributed by atoms with E-state index in [1.54, 1.807) is 16.8 Å². The summed E-state index contributed by atoms with van der Waals surface area (Å²) >= 11 is 0. The van der Waals surface area contributed by atoms with Gasteiger partial charge in [0.15, 0.2) is 0 Å². The SMILES string of the molecule is CNC(=O)C1(C)CCN(C(=O)N2CCC(C(=O)O)C2)C1. The summed E-state index contributed by atoms with van der Waals surface area (Å²) in [5.74, 6) is -1.37. The summed E-state index contributed by atoms with van der Waals surface area (Å²) in [5, 5.41) is 11.6. The van der Waals surface area contributed by atoms with Gasteiger partial charge in [0.25, 0.3) is 0 Å².